The van der Waals surface area contributed by atoms with E-state index in [1.165, 1.54) is 0 Å². The Labute approximate surface area is 381 Å². The summed E-state index contributed by atoms with van der Waals surface area (Å²) in [6.07, 6.45) is 4.85. The van der Waals surface area contributed by atoms with Gasteiger partial charge in [0.25, 0.3) is 0 Å². The number of carbonyl (C=O) groups is 2. The number of aryl methyl sites for hydroxylation is 1. The van der Waals surface area contributed by atoms with Gasteiger partial charge in [-0.05, 0) is 121 Å². The van der Waals surface area contributed by atoms with E-state index in [9.17, 15) is 9.90 Å². The van der Waals surface area contributed by atoms with E-state index in [1.807, 2.05) is 52.0 Å². The van der Waals surface area contributed by atoms with Crippen LogP contribution in [0, 0.1) is 42.4 Å². The van der Waals surface area contributed by atoms with Gasteiger partial charge in [-0.3, -0.25) is 9.59 Å². The van der Waals surface area contributed by atoms with Crippen LogP contribution in [0.5, 0.6) is 0 Å². The maximum Gasteiger partial charge on any atom is 0.306 e. The molecule has 0 aromatic heterocycles. The topological polar surface area (TPSA) is 170 Å². The van der Waals surface area contributed by atoms with E-state index in [2.05, 4.69) is 37.3 Å². The predicted molar refractivity (Wildman–Crippen MR) is 241 cm³/mol. The number of hydrogen-bond acceptors (Lipinski definition) is 14. The second-order valence-electron chi connectivity index (χ2n) is 19.8. The highest BCUT2D eigenvalue weighted by Crippen LogP contribution is 2.57. The second kappa shape index (κ2) is 21.4. The Balaban J connectivity index is 1.21. The number of ether oxygens (including phenoxy) is 8. The third-order valence-corrected chi connectivity index (χ3v) is 15.7. The average molecular weight is 896 g/mol. The number of likely N-dealkylation sites (N-methyl/N-ethyl adjacent to an activating group) is 1. The molecule has 358 valence electrons. The molecular formula is C50H77N3O11. The van der Waals surface area contributed by atoms with Gasteiger partial charge >= 0.3 is 5.97 Å². The summed E-state index contributed by atoms with van der Waals surface area (Å²) in [5.74, 6) is -2.21. The van der Waals surface area contributed by atoms with Gasteiger partial charge < -0.3 is 59.0 Å². The molecule has 7 rings (SSSR count). The Hall–Kier alpha value is -2.92. The third-order valence-electron chi connectivity index (χ3n) is 15.7. The van der Waals surface area contributed by atoms with Gasteiger partial charge in [0, 0.05) is 51.3 Å². The zero-order valence-electron chi connectivity index (χ0n) is 39.9. The molecule has 3 heterocycles. The van der Waals surface area contributed by atoms with Gasteiger partial charge in [-0.25, -0.2) is 0 Å². The van der Waals surface area contributed by atoms with Crippen LogP contribution < -0.4 is 11.1 Å². The number of cyclic esters (lactones) is 1. The highest BCUT2D eigenvalue weighted by Gasteiger charge is 2.60. The molecule has 3 saturated heterocycles. The lowest BCUT2D eigenvalue weighted by atomic mass is 9.62. The SMILES string of the molecule is CC[C@H]1CCC[C@H](O[C@H]2CC[C@H](N(C)C)C(C)O2)[C@@H](C)C(=O)C2=C[C@H]3[C@@H]4C[C@H](O[C@@H]5OC(C)[C@H](OC)C(OC)C5OC)C[C@H]4C(N/C=C(\N)c4cccc(C)c4)C(O)[C@H]3[C@@H]2CC(=O)O1. The van der Waals surface area contributed by atoms with Crippen LogP contribution in [0.4, 0.5) is 0 Å². The first-order valence-corrected chi connectivity index (χ1v) is 24.0. The molecule has 14 nitrogen and oxygen atoms in total. The van der Waals surface area contributed by atoms with Gasteiger partial charge in [0.15, 0.2) is 18.4 Å². The molecule has 64 heavy (non-hydrogen) atoms. The van der Waals surface area contributed by atoms with Crippen molar-refractivity contribution in [2.75, 3.05) is 35.4 Å². The molecule has 3 aliphatic carbocycles. The summed E-state index contributed by atoms with van der Waals surface area (Å²) in [5.41, 5.74) is 9.79. The smallest absolute Gasteiger partial charge is 0.306 e. The molecule has 6 aliphatic rings. The highest BCUT2D eigenvalue weighted by molar-refractivity contribution is 5.99. The number of fused-ring (bicyclic) bond motifs is 5. The second-order valence-corrected chi connectivity index (χ2v) is 19.8. The zero-order valence-corrected chi connectivity index (χ0v) is 39.9. The van der Waals surface area contributed by atoms with E-state index < -0.39 is 60.8 Å². The molecule has 2 saturated carbocycles. The Morgan fingerprint density at radius 2 is 1.67 bits per heavy atom. The van der Waals surface area contributed by atoms with Gasteiger partial charge in [0.1, 0.15) is 24.4 Å². The molecule has 0 spiro atoms. The fourth-order valence-electron chi connectivity index (χ4n) is 12.3. The van der Waals surface area contributed by atoms with Crippen LogP contribution in [0.1, 0.15) is 96.6 Å². The first kappa shape index (κ1) is 49.0. The number of aliphatic hydroxyl groups is 1. The van der Waals surface area contributed by atoms with Crippen molar-refractivity contribution in [1.29, 1.82) is 0 Å². The van der Waals surface area contributed by atoms with E-state index in [4.69, 9.17) is 43.6 Å². The molecular weight excluding hydrogens is 819 g/mol. The Kier molecular flexibility index (Phi) is 16.4. The zero-order chi connectivity index (χ0) is 46.0. The molecule has 1 aromatic carbocycles. The van der Waals surface area contributed by atoms with Gasteiger partial charge in [0.05, 0.1) is 48.7 Å². The van der Waals surface area contributed by atoms with Crippen LogP contribution in [-0.2, 0) is 47.5 Å². The Bertz CT molecular complexity index is 1810. The van der Waals surface area contributed by atoms with Crippen molar-refractivity contribution in [1.82, 2.24) is 10.2 Å². The number of ketones is 1. The number of hydrogen-bond donors (Lipinski definition) is 3. The number of carbonyl (C=O) groups excluding carboxylic acids is 2. The number of methoxy groups -OCH3 is 3. The van der Waals surface area contributed by atoms with E-state index in [0.29, 0.717) is 43.4 Å². The normalized spacial score (nSPS) is 42.2. The van der Waals surface area contributed by atoms with Gasteiger partial charge in [-0.1, -0.05) is 43.7 Å². The van der Waals surface area contributed by atoms with Crippen LogP contribution in [0.15, 0.2) is 42.1 Å². The summed E-state index contributed by atoms with van der Waals surface area (Å²) in [4.78, 5) is 31.3. The molecule has 0 radical (unpaired) electrons. The Morgan fingerprint density at radius 3 is 2.34 bits per heavy atom. The molecule has 14 heteroatoms. The molecule has 0 amide bonds. The maximum absolute atomic E-state index is 15.1. The van der Waals surface area contributed by atoms with Gasteiger partial charge in [-0.15, -0.1) is 0 Å². The van der Waals surface area contributed by atoms with E-state index in [1.54, 1.807) is 27.5 Å². The minimum Gasteiger partial charge on any atom is -0.462 e. The van der Waals surface area contributed by atoms with Crippen molar-refractivity contribution >= 4 is 17.4 Å². The number of nitrogens with zero attached hydrogens (tertiary/aromatic N) is 1. The van der Waals surface area contributed by atoms with E-state index in [-0.39, 0.29) is 72.5 Å². The molecule has 1 aromatic rings. The minimum atomic E-state index is -0.942. The van der Waals surface area contributed by atoms with E-state index >= 15 is 4.79 Å². The standard InChI is InChI=1S/C50H77N3O11/c1-11-31-16-13-17-40(64-42-19-18-39(53(6)7)28(4)60-42)27(3)45(55)37-23-34-33-21-32(63-50-49(59-10)48(58-9)47(57-8)29(5)61-50)22-36(33)44(46(56)43(34)35(37)24-41(54)62-31)52-25-38(51)30-15-12-14-26(2)20-30/h12,14-15,20,23,25,27-29,31-36,39-40,42-44,46-50,52,56H,11,13,16-19,21-22,24,51H2,1-10H3/b38-25-/t27-,28?,29?,31+,32+,33+,34+,35-,36-,39+,40+,42+,43-,44?,46?,47+,48?,49?,50+/m1/s1. The molecule has 0 bridgehead atoms. The highest BCUT2D eigenvalue weighted by atomic mass is 16.7. The summed E-state index contributed by atoms with van der Waals surface area (Å²) in [6.45, 7) is 10.1. The maximum atomic E-state index is 15.1. The van der Waals surface area contributed by atoms with Crippen molar-refractivity contribution in [3.05, 3.63) is 53.2 Å². The number of Topliss-reactive ketones (excluding diaryl/α,β-unsaturated/α-hetero) is 1. The van der Waals surface area contributed by atoms with Crippen LogP contribution >= 0.6 is 0 Å². The fraction of sp³-hybridized carbons (Fsp3) is 0.760. The van der Waals surface area contributed by atoms with Gasteiger partial charge in [0.2, 0.25) is 0 Å². The average Bonchev–Trinajstić information content (AvgIpc) is 3.85. The molecule has 5 fully saturated rings. The lowest BCUT2D eigenvalue weighted by Crippen LogP contribution is -2.59. The summed E-state index contributed by atoms with van der Waals surface area (Å²) in [5, 5.41) is 16.4. The van der Waals surface area contributed by atoms with Crippen LogP contribution in [0.25, 0.3) is 5.70 Å². The molecule has 6 unspecified atom stereocenters. The number of allylic oxidation sites excluding steroid dienone is 2. The summed E-state index contributed by atoms with van der Waals surface area (Å²) in [7, 11) is 9.04. The quantitative estimate of drug-likeness (QED) is 0.225. The number of benzene rings is 1. The number of nitrogens with one attached hydrogen (secondary N) is 1. The number of rotatable bonds is 12. The number of esters is 1. The lowest BCUT2D eigenvalue weighted by molar-refractivity contribution is -0.314. The first-order valence-electron chi connectivity index (χ1n) is 24.0. The summed E-state index contributed by atoms with van der Waals surface area (Å²) < 4.78 is 50.3. The largest absolute Gasteiger partial charge is 0.462 e. The number of aliphatic hydroxyl groups excluding tert-OH is 1. The molecule has 4 N–H and O–H groups in total. The minimum absolute atomic E-state index is 0.00653. The predicted octanol–water partition coefficient (Wildman–Crippen LogP) is 5.52. The van der Waals surface area contributed by atoms with E-state index in [0.717, 1.165) is 30.4 Å². The third kappa shape index (κ3) is 10.3. The van der Waals surface area contributed by atoms with Crippen LogP contribution in [0.2, 0.25) is 0 Å². The lowest BCUT2D eigenvalue weighted by Gasteiger charge is -2.47. The van der Waals surface area contributed by atoms with Crippen molar-refractivity contribution in [3.8, 4) is 0 Å². The van der Waals surface area contributed by atoms with Crippen molar-refractivity contribution in [2.24, 2.45) is 41.2 Å². The van der Waals surface area contributed by atoms with Crippen molar-refractivity contribution < 1.29 is 52.6 Å². The van der Waals surface area contributed by atoms with Crippen molar-refractivity contribution in [2.45, 2.75) is 172 Å². The summed E-state index contributed by atoms with van der Waals surface area (Å²) >= 11 is 0. The van der Waals surface area contributed by atoms with Crippen molar-refractivity contribution in [3.63, 3.8) is 0 Å². The van der Waals surface area contributed by atoms with Crippen LogP contribution in [-0.4, -0.2) is 137 Å². The van der Waals surface area contributed by atoms with Gasteiger partial charge in [-0.2, -0.15) is 0 Å². The van der Waals surface area contributed by atoms with Crippen LogP contribution in [0.3, 0.4) is 0 Å². The molecule has 19 atom stereocenters. The fourth-order valence-corrected chi connectivity index (χ4v) is 12.3. The molecule has 3 aliphatic heterocycles. The summed E-state index contributed by atoms with van der Waals surface area (Å²) in [6, 6.07) is 7.81. The Morgan fingerprint density at radius 1 is 0.938 bits per heavy atom. The first-order chi connectivity index (χ1) is 30.7. The monoisotopic (exact) mass is 896 g/mol. The number of nitrogens with two attached hydrogens (primary N) is 1.